The Kier molecular flexibility index (Phi) is 7.45. The lowest BCUT2D eigenvalue weighted by Gasteiger charge is -2.18. The molecule has 31 heavy (non-hydrogen) atoms. The maximum Gasteiger partial charge on any atom is 0.265 e. The van der Waals surface area contributed by atoms with Crippen LogP contribution >= 0.6 is 24.0 Å². The number of thiocarbonyl (C=S) groups is 1. The van der Waals surface area contributed by atoms with Gasteiger partial charge in [0.15, 0.2) is 0 Å². The van der Waals surface area contributed by atoms with Gasteiger partial charge in [-0.2, -0.15) is 0 Å². The number of furan rings is 1. The summed E-state index contributed by atoms with van der Waals surface area (Å²) in [6, 6.07) is 19.1. The molecule has 0 aliphatic rings. The van der Waals surface area contributed by atoms with Gasteiger partial charge in [-0.1, -0.05) is 42.5 Å². The molecule has 3 rings (SSSR count). The number of carbonyl (C=O) groups is 1. The third kappa shape index (κ3) is 5.92. The van der Waals surface area contributed by atoms with Crippen LogP contribution in [0.5, 0.6) is 0 Å². The van der Waals surface area contributed by atoms with Crippen LogP contribution in [0.25, 0.3) is 17.4 Å². The van der Waals surface area contributed by atoms with Gasteiger partial charge in [0.05, 0.1) is 21.8 Å². The lowest BCUT2D eigenvalue weighted by atomic mass is 10.2. The second-order valence-electron chi connectivity index (χ2n) is 6.51. The Balaban J connectivity index is 1.80. The molecule has 0 saturated carbocycles. The van der Waals surface area contributed by atoms with Gasteiger partial charge < -0.3 is 9.32 Å². The molecular weight excluding hydrogens is 452 g/mol. The molecule has 6 nitrogen and oxygen atoms in total. The van der Waals surface area contributed by atoms with Crippen LogP contribution in [0.15, 0.2) is 80.9 Å². The summed E-state index contributed by atoms with van der Waals surface area (Å²) in [5.74, 6) is 0.810. The van der Waals surface area contributed by atoms with Gasteiger partial charge in [0, 0.05) is 5.56 Å². The standard InChI is InChI=1S/C22H20N2O4S3/c1-30-21(22(25)24(15-29)14-16-5-3-2-4-6-16)13-18-9-12-20(28-18)17-7-10-19(11-8-17)31(23,26)27/h2-13,15H,14H2,1H3,(H2,23,26,27)/b21-13-. The monoisotopic (exact) mass is 472 g/mol. The topological polar surface area (TPSA) is 93.6 Å². The molecule has 160 valence electrons. The van der Waals surface area contributed by atoms with Crippen LogP contribution in [-0.2, 0) is 21.4 Å². The van der Waals surface area contributed by atoms with E-state index in [0.717, 1.165) is 5.56 Å². The van der Waals surface area contributed by atoms with E-state index >= 15 is 0 Å². The zero-order valence-corrected chi connectivity index (χ0v) is 19.0. The maximum absolute atomic E-state index is 13.0. The molecule has 3 aromatic rings. The Labute approximate surface area is 190 Å². The van der Waals surface area contributed by atoms with Gasteiger partial charge >= 0.3 is 0 Å². The van der Waals surface area contributed by atoms with Crippen molar-refractivity contribution in [1.29, 1.82) is 0 Å². The SMILES string of the molecule is CS/C(=C\c1ccc(-c2ccc(S(N)(=O)=O)cc2)o1)C(=O)N(C=S)Cc1ccccc1. The van der Waals surface area contributed by atoms with Crippen LogP contribution in [0, 0.1) is 0 Å². The number of amides is 1. The van der Waals surface area contributed by atoms with E-state index in [0.29, 0.717) is 28.5 Å². The van der Waals surface area contributed by atoms with E-state index in [1.54, 1.807) is 30.3 Å². The molecule has 2 aromatic carbocycles. The number of thioether (sulfide) groups is 1. The molecule has 0 aliphatic heterocycles. The zero-order chi connectivity index (χ0) is 22.4. The number of primary sulfonamides is 1. The van der Waals surface area contributed by atoms with E-state index in [1.165, 1.54) is 34.3 Å². The molecule has 2 N–H and O–H groups in total. The highest BCUT2D eigenvalue weighted by molar-refractivity contribution is 8.03. The number of nitrogens with zero attached hydrogens (tertiary/aromatic N) is 1. The van der Waals surface area contributed by atoms with Crippen molar-refractivity contribution in [2.75, 3.05) is 6.26 Å². The predicted molar refractivity (Wildman–Crippen MR) is 128 cm³/mol. The third-order valence-corrected chi connectivity index (χ3v) is 6.30. The van der Waals surface area contributed by atoms with Crippen molar-refractivity contribution < 1.29 is 17.6 Å². The summed E-state index contributed by atoms with van der Waals surface area (Å²) in [5, 5.41) is 5.13. The molecular formula is C22H20N2O4S3. The predicted octanol–water partition coefficient (Wildman–Crippen LogP) is 4.28. The van der Waals surface area contributed by atoms with E-state index < -0.39 is 10.0 Å². The Morgan fingerprint density at radius 3 is 2.35 bits per heavy atom. The molecule has 0 spiro atoms. The van der Waals surface area contributed by atoms with Gasteiger partial charge in [-0.3, -0.25) is 4.79 Å². The normalized spacial score (nSPS) is 11.9. The van der Waals surface area contributed by atoms with Gasteiger partial charge in [0.2, 0.25) is 10.0 Å². The van der Waals surface area contributed by atoms with E-state index in [-0.39, 0.29) is 10.8 Å². The summed E-state index contributed by atoms with van der Waals surface area (Å²) in [6.45, 7) is 0.376. The fraction of sp³-hybridized carbons (Fsp3) is 0.0909. The van der Waals surface area contributed by atoms with Crippen LogP contribution in [-0.4, -0.2) is 31.0 Å². The first-order valence-corrected chi connectivity index (χ1v) is 12.3. The van der Waals surface area contributed by atoms with E-state index in [4.69, 9.17) is 21.8 Å². The van der Waals surface area contributed by atoms with Crippen LogP contribution < -0.4 is 5.14 Å². The van der Waals surface area contributed by atoms with Gasteiger partial charge in [-0.05, 0) is 54.3 Å². The summed E-state index contributed by atoms with van der Waals surface area (Å²) < 4.78 is 28.6. The molecule has 1 amide bonds. The number of sulfonamides is 1. The molecule has 1 heterocycles. The summed E-state index contributed by atoms with van der Waals surface area (Å²) in [5.41, 5.74) is 3.01. The van der Waals surface area contributed by atoms with Crippen molar-refractivity contribution in [3.8, 4) is 11.3 Å². The summed E-state index contributed by atoms with van der Waals surface area (Å²) in [6.07, 6.45) is 3.47. The molecule has 0 saturated heterocycles. The van der Waals surface area contributed by atoms with Crippen molar-refractivity contribution >= 4 is 51.5 Å². The van der Waals surface area contributed by atoms with Gasteiger partial charge in [-0.15, -0.1) is 11.8 Å². The van der Waals surface area contributed by atoms with Crippen LogP contribution in [0.4, 0.5) is 0 Å². The highest BCUT2D eigenvalue weighted by atomic mass is 32.2. The minimum absolute atomic E-state index is 0.0249. The zero-order valence-electron chi connectivity index (χ0n) is 16.6. The summed E-state index contributed by atoms with van der Waals surface area (Å²) in [4.78, 5) is 14.9. The number of hydrogen-bond donors (Lipinski definition) is 1. The van der Waals surface area contributed by atoms with Gasteiger partial charge in [0.1, 0.15) is 11.5 Å². The fourth-order valence-electron chi connectivity index (χ4n) is 2.81. The highest BCUT2D eigenvalue weighted by Gasteiger charge is 2.17. The van der Waals surface area contributed by atoms with Crippen molar-refractivity contribution in [3.63, 3.8) is 0 Å². The molecule has 0 bridgehead atoms. The second kappa shape index (κ2) is 10.1. The molecule has 0 radical (unpaired) electrons. The number of rotatable bonds is 8. The van der Waals surface area contributed by atoms with Crippen LogP contribution in [0.1, 0.15) is 11.3 Å². The largest absolute Gasteiger partial charge is 0.457 e. The van der Waals surface area contributed by atoms with Crippen LogP contribution in [0.3, 0.4) is 0 Å². The number of benzene rings is 2. The maximum atomic E-state index is 13.0. The average molecular weight is 473 g/mol. The Bertz CT molecular complexity index is 1200. The van der Waals surface area contributed by atoms with E-state index in [9.17, 15) is 13.2 Å². The smallest absolute Gasteiger partial charge is 0.265 e. The van der Waals surface area contributed by atoms with E-state index in [1.807, 2.05) is 36.6 Å². The van der Waals surface area contributed by atoms with Crippen molar-refractivity contribution in [2.45, 2.75) is 11.4 Å². The third-order valence-electron chi connectivity index (χ3n) is 4.38. The molecule has 1 aromatic heterocycles. The summed E-state index contributed by atoms with van der Waals surface area (Å²) >= 11 is 6.35. The Morgan fingerprint density at radius 2 is 1.77 bits per heavy atom. The first-order chi connectivity index (χ1) is 14.8. The van der Waals surface area contributed by atoms with Crippen molar-refractivity contribution in [3.05, 3.63) is 83.0 Å². The Hall–Kier alpha value is -2.72. The average Bonchev–Trinajstić information content (AvgIpc) is 3.24. The first kappa shape index (κ1) is 23.0. The fourth-order valence-corrected chi connectivity index (χ4v) is 4.02. The van der Waals surface area contributed by atoms with Crippen molar-refractivity contribution in [2.24, 2.45) is 5.14 Å². The van der Waals surface area contributed by atoms with Gasteiger partial charge in [-0.25, -0.2) is 13.6 Å². The Morgan fingerprint density at radius 1 is 1.10 bits per heavy atom. The minimum Gasteiger partial charge on any atom is -0.457 e. The molecule has 0 aliphatic carbocycles. The van der Waals surface area contributed by atoms with E-state index in [2.05, 4.69) is 0 Å². The minimum atomic E-state index is -3.76. The first-order valence-electron chi connectivity index (χ1n) is 9.11. The van der Waals surface area contributed by atoms with Crippen LogP contribution in [0.2, 0.25) is 0 Å². The lowest BCUT2D eigenvalue weighted by Crippen LogP contribution is -2.28. The number of carbonyl (C=O) groups excluding carboxylic acids is 1. The molecule has 9 heteroatoms. The van der Waals surface area contributed by atoms with Gasteiger partial charge in [0.25, 0.3) is 5.91 Å². The quantitative estimate of drug-likeness (QED) is 0.388. The molecule has 0 unspecified atom stereocenters. The summed E-state index contributed by atoms with van der Waals surface area (Å²) in [7, 11) is -3.76. The second-order valence-corrected chi connectivity index (χ2v) is 9.13. The number of hydrogen-bond acceptors (Lipinski definition) is 6. The highest BCUT2D eigenvalue weighted by Crippen LogP contribution is 2.26. The lowest BCUT2D eigenvalue weighted by molar-refractivity contribution is -0.122. The number of nitrogens with two attached hydrogens (primary N) is 1. The molecule has 0 atom stereocenters. The molecule has 0 fully saturated rings. The van der Waals surface area contributed by atoms with Crippen molar-refractivity contribution in [1.82, 2.24) is 4.90 Å².